The van der Waals surface area contributed by atoms with E-state index in [4.69, 9.17) is 11.5 Å². The average molecular weight is 281 g/mol. The molecule has 0 aromatic heterocycles. The maximum Gasteiger partial charge on any atom is 0.280 e. The number of benzene rings is 1. The van der Waals surface area contributed by atoms with Crippen LogP contribution in [0.25, 0.3) is 6.08 Å². The van der Waals surface area contributed by atoms with Crippen LogP contribution in [0.15, 0.2) is 34.2 Å². The van der Waals surface area contributed by atoms with Gasteiger partial charge in [0.1, 0.15) is 0 Å². The first-order valence-electron chi connectivity index (χ1n) is 5.36. The van der Waals surface area contributed by atoms with Crippen molar-refractivity contribution in [3.8, 4) is 0 Å². The van der Waals surface area contributed by atoms with Crippen LogP contribution < -0.4 is 11.5 Å². The molecule has 4 N–H and O–H groups in total. The Morgan fingerprint density at radius 2 is 1.95 bits per heavy atom. The largest absolute Gasteiger partial charge is 0.370 e. The van der Waals surface area contributed by atoms with Gasteiger partial charge in [0.2, 0.25) is 0 Å². The first kappa shape index (κ1) is 14.9. The van der Waals surface area contributed by atoms with E-state index in [1.165, 1.54) is 18.2 Å². The van der Waals surface area contributed by atoms with Crippen LogP contribution in [0.1, 0.15) is 22.8 Å². The number of guanidine groups is 1. The molecule has 0 heterocycles. The Morgan fingerprint density at radius 1 is 1.32 bits per heavy atom. The summed E-state index contributed by atoms with van der Waals surface area (Å²) in [5.74, 6) is -1.06. The van der Waals surface area contributed by atoms with Gasteiger partial charge in [0, 0.05) is 11.8 Å². The zero-order valence-electron chi connectivity index (χ0n) is 10.6. The monoisotopic (exact) mass is 281 g/mol. The Morgan fingerprint density at radius 3 is 2.42 bits per heavy atom. The molecule has 0 aliphatic rings. The summed E-state index contributed by atoms with van der Waals surface area (Å²) in [7, 11) is -3.45. The maximum absolute atomic E-state index is 11.7. The standard InChI is InChI=1S/C12H15N3O3S/c1-3-4-8-5-6-9(11(16)15-12(13)14)7-10(8)19(2,17)18/h3-7H,1-2H3,(H4,13,14,15,16). The predicted molar refractivity (Wildman–Crippen MR) is 74.4 cm³/mol. The van der Waals surface area contributed by atoms with Crippen molar-refractivity contribution in [2.45, 2.75) is 11.8 Å². The summed E-state index contributed by atoms with van der Waals surface area (Å²) < 4.78 is 23.4. The van der Waals surface area contributed by atoms with Crippen LogP contribution in [0, 0.1) is 0 Å². The van der Waals surface area contributed by atoms with Crippen LogP contribution in [0.3, 0.4) is 0 Å². The fourth-order valence-corrected chi connectivity index (χ4v) is 2.39. The summed E-state index contributed by atoms with van der Waals surface area (Å²) in [6.07, 6.45) is 4.43. The molecule has 0 radical (unpaired) electrons. The molecule has 102 valence electrons. The van der Waals surface area contributed by atoms with Crippen molar-refractivity contribution in [3.63, 3.8) is 0 Å². The molecule has 0 aliphatic carbocycles. The van der Waals surface area contributed by atoms with Gasteiger partial charge in [-0.05, 0) is 24.6 Å². The van der Waals surface area contributed by atoms with Crippen LogP contribution in [-0.4, -0.2) is 26.5 Å². The summed E-state index contributed by atoms with van der Waals surface area (Å²) >= 11 is 0. The summed E-state index contributed by atoms with van der Waals surface area (Å²) in [4.78, 5) is 15.1. The number of rotatable bonds is 3. The first-order valence-corrected chi connectivity index (χ1v) is 7.25. The Kier molecular flexibility index (Phi) is 4.44. The van der Waals surface area contributed by atoms with Gasteiger partial charge in [-0.2, -0.15) is 4.99 Å². The average Bonchev–Trinajstić information content (AvgIpc) is 2.27. The molecule has 1 rings (SSSR count). The number of aliphatic imine (C=N–C) groups is 1. The van der Waals surface area contributed by atoms with E-state index in [9.17, 15) is 13.2 Å². The smallest absolute Gasteiger partial charge is 0.280 e. The molecular formula is C12H15N3O3S. The molecule has 0 unspecified atom stereocenters. The third kappa shape index (κ3) is 3.92. The summed E-state index contributed by atoms with van der Waals surface area (Å²) in [5.41, 5.74) is 10.8. The molecule has 1 amide bonds. The van der Waals surface area contributed by atoms with Crippen molar-refractivity contribution in [3.05, 3.63) is 35.4 Å². The van der Waals surface area contributed by atoms with E-state index >= 15 is 0 Å². The van der Waals surface area contributed by atoms with Gasteiger partial charge in [0.25, 0.3) is 5.91 Å². The van der Waals surface area contributed by atoms with Gasteiger partial charge in [-0.15, -0.1) is 0 Å². The zero-order chi connectivity index (χ0) is 14.6. The van der Waals surface area contributed by atoms with Crippen LogP contribution in [0.4, 0.5) is 0 Å². The molecule has 0 fully saturated rings. The highest BCUT2D eigenvalue weighted by atomic mass is 32.2. The normalized spacial score (nSPS) is 11.5. The lowest BCUT2D eigenvalue weighted by atomic mass is 10.1. The molecule has 0 saturated heterocycles. The van der Waals surface area contributed by atoms with Crippen molar-refractivity contribution in [2.24, 2.45) is 16.5 Å². The maximum atomic E-state index is 11.7. The zero-order valence-corrected chi connectivity index (χ0v) is 11.4. The summed E-state index contributed by atoms with van der Waals surface area (Å²) in [6, 6.07) is 4.27. The molecule has 6 nitrogen and oxygen atoms in total. The van der Waals surface area contributed by atoms with Gasteiger partial charge in [-0.25, -0.2) is 8.42 Å². The molecule has 0 spiro atoms. The fraction of sp³-hybridized carbons (Fsp3) is 0.167. The number of nitrogens with zero attached hydrogens (tertiary/aromatic N) is 1. The number of hydrogen-bond acceptors (Lipinski definition) is 3. The number of carbonyl (C=O) groups excluding carboxylic acids is 1. The number of carbonyl (C=O) groups is 1. The second-order valence-electron chi connectivity index (χ2n) is 3.87. The summed E-state index contributed by atoms with van der Waals surface area (Å²) in [6.45, 7) is 1.77. The van der Waals surface area contributed by atoms with Crippen molar-refractivity contribution < 1.29 is 13.2 Å². The number of sulfone groups is 1. The number of allylic oxidation sites excluding steroid dienone is 1. The number of amides is 1. The lowest BCUT2D eigenvalue weighted by Gasteiger charge is -2.06. The van der Waals surface area contributed by atoms with Crippen LogP contribution in [0.5, 0.6) is 0 Å². The third-order valence-electron chi connectivity index (χ3n) is 2.24. The van der Waals surface area contributed by atoms with E-state index < -0.39 is 15.7 Å². The molecular weight excluding hydrogens is 266 g/mol. The van der Waals surface area contributed by atoms with E-state index in [1.54, 1.807) is 19.1 Å². The Bertz CT molecular complexity index is 657. The molecule has 7 heteroatoms. The number of nitrogens with two attached hydrogens (primary N) is 2. The lowest BCUT2D eigenvalue weighted by molar-refractivity contribution is 0.100. The SMILES string of the molecule is CC=Cc1ccc(C(=O)N=C(N)N)cc1S(C)(=O)=O. The highest BCUT2D eigenvalue weighted by Gasteiger charge is 2.15. The molecule has 0 saturated carbocycles. The van der Waals surface area contributed by atoms with Crippen LogP contribution in [0.2, 0.25) is 0 Å². The summed E-state index contributed by atoms with van der Waals surface area (Å²) in [5, 5.41) is 0. The minimum Gasteiger partial charge on any atom is -0.370 e. The minimum atomic E-state index is -3.45. The fourth-order valence-electron chi connectivity index (χ4n) is 1.49. The second kappa shape index (κ2) is 5.66. The third-order valence-corrected chi connectivity index (χ3v) is 3.39. The van der Waals surface area contributed by atoms with Gasteiger partial charge in [-0.1, -0.05) is 18.2 Å². The molecule has 1 aromatic carbocycles. The molecule has 1 aromatic rings. The Hall–Kier alpha value is -2.15. The minimum absolute atomic E-state index is 0.0576. The molecule has 0 atom stereocenters. The van der Waals surface area contributed by atoms with E-state index in [1.807, 2.05) is 0 Å². The van der Waals surface area contributed by atoms with E-state index in [0.717, 1.165) is 6.26 Å². The molecule has 19 heavy (non-hydrogen) atoms. The van der Waals surface area contributed by atoms with Crippen LogP contribution in [-0.2, 0) is 9.84 Å². The predicted octanol–water partition coefficient (Wildman–Crippen LogP) is 0.537. The Labute approximate surface area is 111 Å². The lowest BCUT2D eigenvalue weighted by Crippen LogP contribution is -2.24. The van der Waals surface area contributed by atoms with Crippen molar-refractivity contribution in [1.29, 1.82) is 0 Å². The van der Waals surface area contributed by atoms with Gasteiger partial charge >= 0.3 is 0 Å². The van der Waals surface area contributed by atoms with E-state index in [-0.39, 0.29) is 16.4 Å². The van der Waals surface area contributed by atoms with Crippen LogP contribution >= 0.6 is 0 Å². The highest BCUT2D eigenvalue weighted by Crippen LogP contribution is 2.20. The first-order chi connectivity index (χ1) is 8.75. The molecule has 0 aliphatic heterocycles. The Balaban J connectivity index is 3.43. The second-order valence-corrected chi connectivity index (χ2v) is 5.85. The van der Waals surface area contributed by atoms with Gasteiger partial charge in [-0.3, -0.25) is 4.79 Å². The van der Waals surface area contributed by atoms with Gasteiger partial charge in [0.05, 0.1) is 4.90 Å². The van der Waals surface area contributed by atoms with Crippen molar-refractivity contribution in [1.82, 2.24) is 0 Å². The van der Waals surface area contributed by atoms with Gasteiger partial charge < -0.3 is 11.5 Å². The van der Waals surface area contributed by atoms with Gasteiger partial charge in [0.15, 0.2) is 15.8 Å². The topological polar surface area (TPSA) is 116 Å². The van der Waals surface area contributed by atoms with Crippen molar-refractivity contribution in [2.75, 3.05) is 6.26 Å². The van der Waals surface area contributed by atoms with Crippen molar-refractivity contribution >= 4 is 27.8 Å². The van der Waals surface area contributed by atoms with E-state index in [0.29, 0.717) is 5.56 Å². The highest BCUT2D eigenvalue weighted by molar-refractivity contribution is 7.90. The number of hydrogen-bond donors (Lipinski definition) is 2. The molecule has 0 bridgehead atoms. The van der Waals surface area contributed by atoms with E-state index in [2.05, 4.69) is 4.99 Å². The quantitative estimate of drug-likeness (QED) is 0.619.